The zero-order chi connectivity index (χ0) is 10.8. The minimum atomic E-state index is -2.97. The molecule has 0 atom stereocenters. The molecule has 3 aliphatic rings. The molecule has 86 valence electrons. The number of hydrogen-bond donors (Lipinski definition) is 0. The summed E-state index contributed by atoms with van der Waals surface area (Å²) in [6.07, 6.45) is 10.6. The fraction of sp³-hybridized carbons (Fsp3) is 0.800. The van der Waals surface area contributed by atoms with E-state index in [0.29, 0.717) is 6.42 Å². The van der Waals surface area contributed by atoms with Crippen LogP contribution in [0.4, 0.5) is 0 Å². The van der Waals surface area contributed by atoms with E-state index in [1.807, 2.05) is 0 Å². The molecule has 0 aromatic carbocycles. The third kappa shape index (κ3) is 2.51. The molecule has 2 bridgehead atoms. The summed E-state index contributed by atoms with van der Waals surface area (Å²) in [4.78, 5) is 0. The van der Waals surface area contributed by atoms with Crippen LogP contribution in [0.15, 0.2) is 12.2 Å². The fourth-order valence-corrected chi connectivity index (χ4v) is 3.01. The molecule has 0 aliphatic carbocycles. The minimum absolute atomic E-state index is 0.679. The van der Waals surface area contributed by atoms with Crippen molar-refractivity contribution in [3.8, 4) is 0 Å². The van der Waals surface area contributed by atoms with E-state index in [0.717, 1.165) is 25.7 Å². The van der Waals surface area contributed by atoms with Gasteiger partial charge in [-0.3, -0.25) is 0 Å². The van der Waals surface area contributed by atoms with Crippen LogP contribution in [0.2, 0.25) is 0 Å². The van der Waals surface area contributed by atoms with Gasteiger partial charge in [-0.2, -0.15) is 0 Å². The molecule has 0 radical (unpaired) electrons. The van der Waals surface area contributed by atoms with E-state index in [-0.39, 0.29) is 0 Å². The first-order valence-electron chi connectivity index (χ1n) is 5.55. The Bertz CT molecular complexity index is 273. The summed E-state index contributed by atoms with van der Waals surface area (Å²) in [7, 11) is -2.97. The van der Waals surface area contributed by atoms with Gasteiger partial charge in [0.25, 0.3) is 0 Å². The van der Waals surface area contributed by atoms with Gasteiger partial charge in [0.15, 0.2) is 0 Å². The normalized spacial score (nSPS) is 37.7. The van der Waals surface area contributed by atoms with E-state index < -0.39 is 13.8 Å². The minimum Gasteiger partial charge on any atom is -0.227 e. The molecule has 3 rings (SSSR count). The summed E-state index contributed by atoms with van der Waals surface area (Å²) in [6.45, 7) is 2.17. The van der Waals surface area contributed by atoms with Crippen molar-refractivity contribution in [1.82, 2.24) is 0 Å². The second-order valence-electron chi connectivity index (χ2n) is 3.91. The molecule has 0 amide bonds. The van der Waals surface area contributed by atoms with E-state index in [9.17, 15) is 4.57 Å². The van der Waals surface area contributed by atoms with Gasteiger partial charge in [0.2, 0.25) is 0 Å². The van der Waals surface area contributed by atoms with E-state index in [2.05, 4.69) is 19.1 Å². The van der Waals surface area contributed by atoms with Gasteiger partial charge >= 0.3 is 13.8 Å². The topological polar surface area (TPSA) is 44.8 Å². The number of unbranched alkanes of at least 4 members (excludes halogenated alkanes) is 3. The average Bonchev–Trinajstić information content (AvgIpc) is 2.11. The van der Waals surface area contributed by atoms with Gasteiger partial charge in [-0.1, -0.05) is 25.5 Å². The highest BCUT2D eigenvalue weighted by Crippen LogP contribution is 2.81. The summed E-state index contributed by atoms with van der Waals surface area (Å²) in [6, 6.07) is 0. The standard InChI is InChI=1S/C10H17O4P/c1-2-3-4-5-6-7-8-9-10-12-15(11,13-10)14-10/h4-5H,2-3,6-9H2,1H3/b5-4+. The summed E-state index contributed by atoms with van der Waals surface area (Å²) >= 11 is 0. The predicted octanol–water partition coefficient (Wildman–Crippen LogP) is 3.74. The van der Waals surface area contributed by atoms with Crippen LogP contribution in [0.1, 0.15) is 45.4 Å². The summed E-state index contributed by atoms with van der Waals surface area (Å²) < 4.78 is 25.7. The number of allylic oxidation sites excluding steroid dienone is 2. The molecule has 15 heavy (non-hydrogen) atoms. The van der Waals surface area contributed by atoms with Crippen molar-refractivity contribution in [2.75, 3.05) is 0 Å². The lowest BCUT2D eigenvalue weighted by Gasteiger charge is -2.55. The Morgan fingerprint density at radius 1 is 1.13 bits per heavy atom. The van der Waals surface area contributed by atoms with Crippen LogP contribution >= 0.6 is 7.82 Å². The van der Waals surface area contributed by atoms with Gasteiger partial charge in [0, 0.05) is 6.42 Å². The lowest BCUT2D eigenvalue weighted by atomic mass is 10.1. The molecular weight excluding hydrogens is 215 g/mol. The molecule has 0 unspecified atom stereocenters. The molecule has 0 spiro atoms. The molecule has 0 aromatic heterocycles. The molecule has 0 aromatic rings. The molecular formula is C10H17O4P. The average molecular weight is 232 g/mol. The van der Waals surface area contributed by atoms with Crippen LogP contribution in [0.3, 0.4) is 0 Å². The van der Waals surface area contributed by atoms with Crippen LogP contribution in [-0.2, 0) is 18.1 Å². The Hall–Kier alpha value is -0.150. The van der Waals surface area contributed by atoms with Gasteiger partial charge in [0.05, 0.1) is 0 Å². The van der Waals surface area contributed by atoms with Crippen molar-refractivity contribution >= 4 is 7.82 Å². The van der Waals surface area contributed by atoms with Gasteiger partial charge in [0.1, 0.15) is 0 Å². The Morgan fingerprint density at radius 2 is 1.80 bits per heavy atom. The van der Waals surface area contributed by atoms with Crippen molar-refractivity contribution in [1.29, 1.82) is 0 Å². The Morgan fingerprint density at radius 3 is 2.40 bits per heavy atom. The monoisotopic (exact) mass is 232 g/mol. The highest BCUT2D eigenvalue weighted by molar-refractivity contribution is 7.51. The van der Waals surface area contributed by atoms with Crippen LogP contribution in [0.5, 0.6) is 0 Å². The Balaban J connectivity index is 1.48. The molecule has 3 heterocycles. The van der Waals surface area contributed by atoms with Gasteiger partial charge in [-0.15, -0.1) is 0 Å². The summed E-state index contributed by atoms with van der Waals surface area (Å²) in [5, 5.41) is 0. The van der Waals surface area contributed by atoms with Crippen LogP contribution in [0.25, 0.3) is 0 Å². The first-order chi connectivity index (χ1) is 7.18. The van der Waals surface area contributed by atoms with Crippen LogP contribution < -0.4 is 0 Å². The van der Waals surface area contributed by atoms with Crippen LogP contribution in [0, 0.1) is 0 Å². The molecule has 0 saturated carbocycles. The second-order valence-corrected chi connectivity index (χ2v) is 5.35. The van der Waals surface area contributed by atoms with E-state index in [1.54, 1.807) is 0 Å². The third-order valence-corrected chi connectivity index (χ3v) is 3.98. The van der Waals surface area contributed by atoms with Gasteiger partial charge in [-0.05, 0) is 25.7 Å². The number of hydrogen-bond acceptors (Lipinski definition) is 4. The van der Waals surface area contributed by atoms with Crippen molar-refractivity contribution < 1.29 is 18.1 Å². The highest BCUT2D eigenvalue weighted by atomic mass is 31.2. The maximum absolute atomic E-state index is 10.9. The molecule has 0 N–H and O–H groups in total. The Labute approximate surface area is 90.2 Å². The number of rotatable bonds is 7. The maximum Gasteiger partial charge on any atom is 0.488 e. The van der Waals surface area contributed by atoms with Crippen LogP contribution in [-0.4, -0.2) is 5.97 Å². The molecule has 3 aliphatic heterocycles. The number of phosphoric ester groups is 1. The van der Waals surface area contributed by atoms with Crippen molar-refractivity contribution in [3.05, 3.63) is 12.2 Å². The zero-order valence-electron chi connectivity index (χ0n) is 8.98. The summed E-state index contributed by atoms with van der Waals surface area (Å²) in [5.41, 5.74) is 0. The fourth-order valence-electron chi connectivity index (χ4n) is 1.67. The lowest BCUT2D eigenvalue weighted by Crippen LogP contribution is -2.56. The van der Waals surface area contributed by atoms with E-state index in [4.69, 9.17) is 13.6 Å². The molecule has 4 nitrogen and oxygen atoms in total. The third-order valence-electron chi connectivity index (χ3n) is 2.48. The quantitative estimate of drug-likeness (QED) is 0.381. The van der Waals surface area contributed by atoms with Crippen molar-refractivity contribution in [2.24, 2.45) is 0 Å². The first-order valence-corrected chi connectivity index (χ1v) is 7.01. The molecule has 5 heteroatoms. The van der Waals surface area contributed by atoms with Gasteiger partial charge < -0.3 is 0 Å². The van der Waals surface area contributed by atoms with Crippen molar-refractivity contribution in [2.45, 2.75) is 51.4 Å². The lowest BCUT2D eigenvalue weighted by molar-refractivity contribution is -0.430. The van der Waals surface area contributed by atoms with Gasteiger partial charge in [-0.25, -0.2) is 18.1 Å². The second kappa shape index (κ2) is 4.38. The maximum atomic E-state index is 10.9. The van der Waals surface area contributed by atoms with E-state index >= 15 is 0 Å². The predicted molar refractivity (Wildman–Crippen MR) is 56.1 cm³/mol. The van der Waals surface area contributed by atoms with Crippen molar-refractivity contribution in [3.63, 3.8) is 0 Å². The number of phosphoric acid groups is 1. The zero-order valence-corrected chi connectivity index (χ0v) is 9.87. The SMILES string of the molecule is CCC/C=C/CCCCC12OP(=O)(O1)O2. The smallest absolute Gasteiger partial charge is 0.227 e. The largest absolute Gasteiger partial charge is 0.488 e. The Kier molecular flexibility index (Phi) is 3.31. The molecule has 3 saturated heterocycles. The summed E-state index contributed by atoms with van der Waals surface area (Å²) in [5.74, 6) is -0.914. The first kappa shape index (κ1) is 11.3. The van der Waals surface area contributed by atoms with E-state index in [1.165, 1.54) is 6.42 Å². The molecule has 3 fully saturated rings. The highest BCUT2D eigenvalue weighted by Gasteiger charge is 2.74.